The highest BCUT2D eigenvalue weighted by Crippen LogP contribution is 2.18. The van der Waals surface area contributed by atoms with Gasteiger partial charge in [-0.1, -0.05) is 273 Å². The molecule has 1 unspecified atom stereocenters. The van der Waals surface area contributed by atoms with Gasteiger partial charge in [0.15, 0.2) is 6.10 Å². The number of rotatable bonds is 50. The molecule has 0 aliphatic carbocycles. The lowest BCUT2D eigenvalue weighted by Gasteiger charge is -2.18. The summed E-state index contributed by atoms with van der Waals surface area (Å²) in [5.74, 6) is 1.68. The summed E-state index contributed by atoms with van der Waals surface area (Å²) in [6.45, 7) is 13.8. The monoisotopic (exact) mass is 891 g/mol. The predicted octanol–water partition coefficient (Wildman–Crippen LogP) is 18.3. The lowest BCUT2D eigenvalue weighted by Crippen LogP contribution is -2.30. The van der Waals surface area contributed by atoms with E-state index in [1.165, 1.54) is 193 Å². The third-order valence-electron chi connectivity index (χ3n) is 13.3. The van der Waals surface area contributed by atoms with Crippen LogP contribution in [0, 0.1) is 17.8 Å². The van der Waals surface area contributed by atoms with E-state index < -0.39 is 6.10 Å². The van der Waals surface area contributed by atoms with Crippen LogP contribution < -0.4 is 0 Å². The lowest BCUT2D eigenvalue weighted by molar-refractivity contribution is -0.167. The van der Waals surface area contributed by atoms with Crippen LogP contribution in [0.1, 0.15) is 311 Å². The zero-order valence-corrected chi connectivity index (χ0v) is 43.4. The highest BCUT2D eigenvalue weighted by Gasteiger charge is 2.19. The van der Waals surface area contributed by atoms with Crippen LogP contribution >= 0.6 is 0 Å². The molecule has 0 saturated heterocycles. The summed E-state index contributed by atoms with van der Waals surface area (Å²) in [6.07, 6.45) is 49.5. The number of ether oxygens (including phenoxy) is 3. The number of carbonyl (C=O) groups is 3. The Balaban J connectivity index is 4.28. The minimum absolute atomic E-state index is 0.0641. The average molecular weight is 892 g/mol. The van der Waals surface area contributed by atoms with E-state index in [1.807, 2.05) is 0 Å². The maximum atomic E-state index is 12.8. The van der Waals surface area contributed by atoms with E-state index in [2.05, 4.69) is 41.5 Å². The minimum Gasteiger partial charge on any atom is -0.462 e. The minimum atomic E-state index is -0.763. The average Bonchev–Trinajstić information content (AvgIpc) is 3.25. The van der Waals surface area contributed by atoms with Gasteiger partial charge >= 0.3 is 17.9 Å². The van der Waals surface area contributed by atoms with Crippen LogP contribution in [0.2, 0.25) is 0 Å². The molecule has 374 valence electrons. The Morgan fingerprint density at radius 3 is 0.825 bits per heavy atom. The Morgan fingerprint density at radius 2 is 0.556 bits per heavy atom. The summed E-state index contributed by atoms with van der Waals surface area (Å²) in [4.78, 5) is 38.1. The molecule has 0 saturated carbocycles. The van der Waals surface area contributed by atoms with Crippen LogP contribution in [0.4, 0.5) is 0 Å². The lowest BCUT2D eigenvalue weighted by atomic mass is 9.99. The maximum absolute atomic E-state index is 12.8. The second kappa shape index (κ2) is 48.3. The van der Waals surface area contributed by atoms with Gasteiger partial charge in [0.1, 0.15) is 13.2 Å². The Labute approximate surface area is 393 Å². The molecule has 0 aliphatic rings. The van der Waals surface area contributed by atoms with Gasteiger partial charge in [-0.2, -0.15) is 0 Å². The van der Waals surface area contributed by atoms with Gasteiger partial charge in [-0.05, 0) is 37.0 Å². The summed E-state index contributed by atoms with van der Waals surface area (Å²) < 4.78 is 16.9. The summed E-state index contributed by atoms with van der Waals surface area (Å²) in [7, 11) is 0. The van der Waals surface area contributed by atoms with Gasteiger partial charge in [0.2, 0.25) is 0 Å². The molecule has 0 bridgehead atoms. The molecular formula is C57H110O6. The fraction of sp³-hybridized carbons (Fsp3) is 0.947. The van der Waals surface area contributed by atoms with Gasteiger partial charge in [-0.3, -0.25) is 14.4 Å². The van der Waals surface area contributed by atoms with E-state index in [0.717, 1.165) is 75.5 Å². The molecule has 0 heterocycles. The van der Waals surface area contributed by atoms with Crippen molar-refractivity contribution in [2.75, 3.05) is 13.2 Å². The summed E-state index contributed by atoms with van der Waals surface area (Å²) in [5, 5.41) is 0. The van der Waals surface area contributed by atoms with Crippen LogP contribution in [0.3, 0.4) is 0 Å². The first kappa shape index (κ1) is 61.4. The summed E-state index contributed by atoms with van der Waals surface area (Å²) in [6, 6.07) is 0. The van der Waals surface area contributed by atoms with Crippen molar-refractivity contribution in [3.63, 3.8) is 0 Å². The number of carbonyl (C=O) groups excluding carboxylic acids is 3. The third-order valence-corrected chi connectivity index (χ3v) is 13.3. The first-order valence-corrected chi connectivity index (χ1v) is 28.1. The van der Waals surface area contributed by atoms with Crippen molar-refractivity contribution in [2.24, 2.45) is 17.8 Å². The van der Waals surface area contributed by atoms with Gasteiger partial charge in [-0.25, -0.2) is 0 Å². The SMILES string of the molecule is CCC(C)CCCCCCCCCCC(=O)OC[C@@H](COC(=O)CCCCCCCCCCCCCCCCCCC(C)C)OC(=O)CCCCCCCCCCCCCC(C)C. The fourth-order valence-electron chi connectivity index (χ4n) is 8.61. The van der Waals surface area contributed by atoms with E-state index in [0.29, 0.717) is 19.3 Å². The molecule has 63 heavy (non-hydrogen) atoms. The van der Waals surface area contributed by atoms with E-state index in [4.69, 9.17) is 14.2 Å². The second-order valence-electron chi connectivity index (χ2n) is 20.8. The molecule has 0 aliphatic heterocycles. The topological polar surface area (TPSA) is 78.9 Å². The van der Waals surface area contributed by atoms with Crippen molar-refractivity contribution in [3.8, 4) is 0 Å². The van der Waals surface area contributed by atoms with Crippen LogP contribution in [-0.2, 0) is 28.6 Å². The zero-order chi connectivity index (χ0) is 46.3. The quantitative estimate of drug-likeness (QED) is 0.0344. The third kappa shape index (κ3) is 49.7. The van der Waals surface area contributed by atoms with Crippen molar-refractivity contribution < 1.29 is 28.6 Å². The molecule has 2 atom stereocenters. The normalized spacial score (nSPS) is 12.6. The smallest absolute Gasteiger partial charge is 0.306 e. The van der Waals surface area contributed by atoms with E-state index in [1.54, 1.807) is 0 Å². The van der Waals surface area contributed by atoms with E-state index >= 15 is 0 Å². The van der Waals surface area contributed by atoms with Crippen LogP contribution in [0.25, 0.3) is 0 Å². The molecule has 0 amide bonds. The van der Waals surface area contributed by atoms with Crippen molar-refractivity contribution in [3.05, 3.63) is 0 Å². The van der Waals surface area contributed by atoms with Crippen molar-refractivity contribution in [1.29, 1.82) is 0 Å². The molecule has 0 aromatic heterocycles. The standard InChI is InChI=1S/C57H110O6/c1-7-53(6)45-39-33-27-23-24-29-35-41-47-56(59)62-50-54(63-57(60)48-42-36-30-22-18-14-16-20-26-32-38-44-52(4)5)49-61-55(58)46-40-34-28-21-17-13-11-9-8-10-12-15-19-25-31-37-43-51(2)3/h51-54H,7-50H2,1-6H3/t53?,54-/m1/s1. The van der Waals surface area contributed by atoms with Crippen LogP contribution in [-0.4, -0.2) is 37.2 Å². The Hall–Kier alpha value is -1.59. The highest BCUT2D eigenvalue weighted by molar-refractivity contribution is 5.71. The van der Waals surface area contributed by atoms with Gasteiger partial charge < -0.3 is 14.2 Å². The molecule has 0 spiro atoms. The number of esters is 3. The highest BCUT2D eigenvalue weighted by atomic mass is 16.6. The van der Waals surface area contributed by atoms with Crippen molar-refractivity contribution in [1.82, 2.24) is 0 Å². The molecule has 0 aromatic rings. The molecule has 0 N–H and O–H groups in total. The Kier molecular flexibility index (Phi) is 47.1. The largest absolute Gasteiger partial charge is 0.462 e. The van der Waals surface area contributed by atoms with E-state index in [9.17, 15) is 14.4 Å². The van der Waals surface area contributed by atoms with Crippen LogP contribution in [0.15, 0.2) is 0 Å². The summed E-state index contributed by atoms with van der Waals surface area (Å²) >= 11 is 0. The molecule has 0 rings (SSSR count). The second-order valence-corrected chi connectivity index (χ2v) is 20.8. The van der Waals surface area contributed by atoms with Crippen molar-refractivity contribution >= 4 is 17.9 Å². The Bertz CT molecular complexity index is 978. The first-order chi connectivity index (χ1) is 30.6. The van der Waals surface area contributed by atoms with Gasteiger partial charge in [0.05, 0.1) is 0 Å². The zero-order valence-electron chi connectivity index (χ0n) is 43.4. The van der Waals surface area contributed by atoms with Crippen LogP contribution in [0.5, 0.6) is 0 Å². The molecule has 0 fully saturated rings. The molecule has 0 aromatic carbocycles. The van der Waals surface area contributed by atoms with Gasteiger partial charge in [-0.15, -0.1) is 0 Å². The number of unbranched alkanes of at least 4 members (excludes halogenated alkanes) is 32. The molecule has 0 radical (unpaired) electrons. The Morgan fingerprint density at radius 1 is 0.317 bits per heavy atom. The van der Waals surface area contributed by atoms with Gasteiger partial charge in [0, 0.05) is 19.3 Å². The molecular weight excluding hydrogens is 781 g/mol. The predicted molar refractivity (Wildman–Crippen MR) is 270 cm³/mol. The molecule has 6 heteroatoms. The summed E-state index contributed by atoms with van der Waals surface area (Å²) in [5.41, 5.74) is 0. The number of hydrogen-bond acceptors (Lipinski definition) is 6. The van der Waals surface area contributed by atoms with Gasteiger partial charge in [0.25, 0.3) is 0 Å². The van der Waals surface area contributed by atoms with E-state index in [-0.39, 0.29) is 31.1 Å². The first-order valence-electron chi connectivity index (χ1n) is 28.1. The number of hydrogen-bond donors (Lipinski definition) is 0. The van der Waals surface area contributed by atoms with Crippen molar-refractivity contribution in [2.45, 2.75) is 317 Å². The molecule has 6 nitrogen and oxygen atoms in total. The maximum Gasteiger partial charge on any atom is 0.306 e. The fourth-order valence-corrected chi connectivity index (χ4v) is 8.61.